The standard InChI is InChI=1S/C16H20N4O3/c1-12-3-5-14(6-4-12)23-11-15(21)20(2)8-7-17-16(22)13-9-18-19-10-13/h3-6,9-10H,7-8,11H2,1-2H3,(H,17,22)(H,18,19). The maximum atomic E-state index is 12.0. The summed E-state index contributed by atoms with van der Waals surface area (Å²) >= 11 is 0. The van der Waals surface area contributed by atoms with Crippen molar-refractivity contribution in [3.63, 3.8) is 0 Å². The van der Waals surface area contributed by atoms with Gasteiger partial charge in [-0.1, -0.05) is 17.7 Å². The molecule has 0 spiro atoms. The number of rotatable bonds is 7. The average molecular weight is 316 g/mol. The van der Waals surface area contributed by atoms with Crippen molar-refractivity contribution in [2.45, 2.75) is 6.92 Å². The summed E-state index contributed by atoms with van der Waals surface area (Å²) in [5, 5.41) is 9.00. The summed E-state index contributed by atoms with van der Waals surface area (Å²) in [7, 11) is 1.67. The Balaban J connectivity index is 1.68. The minimum Gasteiger partial charge on any atom is -0.484 e. The number of nitrogens with one attached hydrogen (secondary N) is 2. The molecule has 7 nitrogen and oxygen atoms in total. The third-order valence-corrected chi connectivity index (χ3v) is 3.30. The third-order valence-electron chi connectivity index (χ3n) is 3.30. The third kappa shape index (κ3) is 5.14. The van der Waals surface area contributed by atoms with Crippen molar-refractivity contribution in [3.05, 3.63) is 47.8 Å². The van der Waals surface area contributed by atoms with E-state index in [4.69, 9.17) is 4.74 Å². The number of hydrogen-bond donors (Lipinski definition) is 2. The number of aryl methyl sites for hydroxylation is 1. The summed E-state index contributed by atoms with van der Waals surface area (Å²) in [6.45, 7) is 2.71. The van der Waals surface area contributed by atoms with Gasteiger partial charge in [0, 0.05) is 26.3 Å². The lowest BCUT2D eigenvalue weighted by Crippen LogP contribution is -2.38. The Morgan fingerprint density at radius 1 is 1.30 bits per heavy atom. The molecule has 122 valence electrons. The van der Waals surface area contributed by atoms with Crippen LogP contribution in [0.3, 0.4) is 0 Å². The zero-order valence-corrected chi connectivity index (χ0v) is 13.2. The fraction of sp³-hybridized carbons (Fsp3) is 0.312. The number of nitrogens with zero attached hydrogens (tertiary/aromatic N) is 2. The minimum absolute atomic E-state index is 0.0325. The fourth-order valence-electron chi connectivity index (χ4n) is 1.83. The number of ether oxygens (including phenoxy) is 1. The van der Waals surface area contributed by atoms with Crippen LogP contribution in [0.1, 0.15) is 15.9 Å². The average Bonchev–Trinajstić information content (AvgIpc) is 3.08. The minimum atomic E-state index is -0.226. The van der Waals surface area contributed by atoms with Gasteiger partial charge in [-0.25, -0.2) is 0 Å². The summed E-state index contributed by atoms with van der Waals surface area (Å²) in [5.74, 6) is 0.282. The van der Waals surface area contributed by atoms with E-state index in [0.29, 0.717) is 24.4 Å². The molecule has 2 amide bonds. The predicted octanol–water partition coefficient (Wildman–Crippen LogP) is 0.985. The highest BCUT2D eigenvalue weighted by molar-refractivity contribution is 5.93. The van der Waals surface area contributed by atoms with Crippen molar-refractivity contribution < 1.29 is 14.3 Å². The SMILES string of the molecule is Cc1ccc(OCC(=O)N(C)CCNC(=O)c2cn[nH]c2)cc1. The Morgan fingerprint density at radius 2 is 2.04 bits per heavy atom. The molecule has 0 fully saturated rings. The molecule has 2 rings (SSSR count). The van der Waals surface area contributed by atoms with Gasteiger partial charge in [-0.05, 0) is 19.1 Å². The van der Waals surface area contributed by atoms with E-state index in [2.05, 4.69) is 15.5 Å². The first-order chi connectivity index (χ1) is 11.1. The Morgan fingerprint density at radius 3 is 2.70 bits per heavy atom. The molecule has 1 aromatic carbocycles. The van der Waals surface area contributed by atoms with E-state index in [1.54, 1.807) is 7.05 Å². The summed E-state index contributed by atoms with van der Waals surface area (Å²) in [6.07, 6.45) is 2.96. The molecule has 2 aromatic rings. The van der Waals surface area contributed by atoms with Crippen LogP contribution in [0.5, 0.6) is 5.75 Å². The first-order valence-electron chi connectivity index (χ1n) is 7.26. The Labute approximate surface area is 134 Å². The van der Waals surface area contributed by atoms with Crippen LogP contribution in [0.15, 0.2) is 36.7 Å². The molecule has 0 saturated carbocycles. The van der Waals surface area contributed by atoms with Gasteiger partial charge in [-0.3, -0.25) is 14.7 Å². The van der Waals surface area contributed by atoms with Crippen molar-refractivity contribution in [2.75, 3.05) is 26.7 Å². The van der Waals surface area contributed by atoms with Gasteiger partial charge >= 0.3 is 0 Å². The lowest BCUT2D eigenvalue weighted by molar-refractivity contribution is -0.132. The normalized spacial score (nSPS) is 10.2. The quantitative estimate of drug-likeness (QED) is 0.797. The number of amides is 2. The van der Waals surface area contributed by atoms with Gasteiger partial charge in [0.15, 0.2) is 6.61 Å². The van der Waals surface area contributed by atoms with Crippen LogP contribution in [0.25, 0.3) is 0 Å². The van der Waals surface area contributed by atoms with E-state index in [1.807, 2.05) is 31.2 Å². The van der Waals surface area contributed by atoms with Crippen molar-refractivity contribution in [2.24, 2.45) is 0 Å². The van der Waals surface area contributed by atoms with Crippen LogP contribution < -0.4 is 10.1 Å². The van der Waals surface area contributed by atoms with E-state index in [-0.39, 0.29) is 18.4 Å². The van der Waals surface area contributed by atoms with Crippen molar-refractivity contribution in [1.82, 2.24) is 20.4 Å². The Bertz CT molecular complexity index is 638. The Kier molecular flexibility index (Phi) is 5.74. The van der Waals surface area contributed by atoms with Crippen LogP contribution in [0, 0.1) is 6.92 Å². The maximum absolute atomic E-state index is 12.0. The number of carbonyl (C=O) groups is 2. The molecule has 7 heteroatoms. The zero-order valence-electron chi connectivity index (χ0n) is 13.2. The monoisotopic (exact) mass is 316 g/mol. The Hall–Kier alpha value is -2.83. The van der Waals surface area contributed by atoms with Crippen LogP contribution >= 0.6 is 0 Å². The van der Waals surface area contributed by atoms with E-state index in [9.17, 15) is 9.59 Å². The summed E-state index contributed by atoms with van der Waals surface area (Å²) in [4.78, 5) is 25.2. The van der Waals surface area contributed by atoms with Gasteiger partial charge in [0.1, 0.15) is 5.75 Å². The summed E-state index contributed by atoms with van der Waals surface area (Å²) < 4.78 is 5.44. The van der Waals surface area contributed by atoms with Crippen LogP contribution in [0.2, 0.25) is 0 Å². The second-order valence-corrected chi connectivity index (χ2v) is 5.16. The molecule has 0 radical (unpaired) electrons. The number of carbonyl (C=O) groups excluding carboxylic acids is 2. The number of aromatic nitrogens is 2. The second kappa shape index (κ2) is 7.98. The molecule has 0 aliphatic heterocycles. The molecule has 0 bridgehead atoms. The number of benzene rings is 1. The first kappa shape index (κ1) is 16.5. The summed E-state index contributed by atoms with van der Waals surface area (Å²) in [6, 6.07) is 7.51. The van der Waals surface area contributed by atoms with Gasteiger partial charge in [-0.15, -0.1) is 0 Å². The number of aromatic amines is 1. The summed E-state index contributed by atoms with van der Waals surface area (Å²) in [5.41, 5.74) is 1.59. The highest BCUT2D eigenvalue weighted by Gasteiger charge is 2.11. The molecule has 0 aliphatic carbocycles. The molecule has 0 unspecified atom stereocenters. The second-order valence-electron chi connectivity index (χ2n) is 5.16. The molecule has 23 heavy (non-hydrogen) atoms. The van der Waals surface area contributed by atoms with E-state index < -0.39 is 0 Å². The van der Waals surface area contributed by atoms with Crippen LogP contribution in [-0.2, 0) is 4.79 Å². The van der Waals surface area contributed by atoms with Crippen LogP contribution in [-0.4, -0.2) is 53.7 Å². The highest BCUT2D eigenvalue weighted by atomic mass is 16.5. The maximum Gasteiger partial charge on any atom is 0.260 e. The van der Waals surface area contributed by atoms with Gasteiger partial charge in [-0.2, -0.15) is 5.10 Å². The zero-order chi connectivity index (χ0) is 16.7. The molecule has 0 saturated heterocycles. The van der Waals surface area contributed by atoms with E-state index in [0.717, 1.165) is 5.56 Å². The van der Waals surface area contributed by atoms with Gasteiger partial charge < -0.3 is 15.0 Å². The van der Waals surface area contributed by atoms with E-state index in [1.165, 1.54) is 17.3 Å². The lowest BCUT2D eigenvalue weighted by Gasteiger charge is -2.17. The molecule has 2 N–H and O–H groups in total. The van der Waals surface area contributed by atoms with Crippen molar-refractivity contribution in [1.29, 1.82) is 0 Å². The molecular weight excluding hydrogens is 296 g/mol. The van der Waals surface area contributed by atoms with Crippen molar-refractivity contribution in [3.8, 4) is 5.75 Å². The number of hydrogen-bond acceptors (Lipinski definition) is 4. The van der Waals surface area contributed by atoms with Gasteiger partial charge in [0.05, 0.1) is 11.8 Å². The number of likely N-dealkylation sites (N-methyl/N-ethyl adjacent to an activating group) is 1. The molecular formula is C16H20N4O3. The largest absolute Gasteiger partial charge is 0.484 e. The lowest BCUT2D eigenvalue weighted by atomic mass is 10.2. The van der Waals surface area contributed by atoms with Gasteiger partial charge in [0.2, 0.25) is 0 Å². The molecule has 0 atom stereocenters. The predicted molar refractivity (Wildman–Crippen MR) is 85.2 cm³/mol. The topological polar surface area (TPSA) is 87.3 Å². The molecule has 1 aromatic heterocycles. The van der Waals surface area contributed by atoms with Crippen molar-refractivity contribution >= 4 is 11.8 Å². The molecule has 0 aliphatic rings. The van der Waals surface area contributed by atoms with Gasteiger partial charge in [0.25, 0.3) is 11.8 Å². The molecule has 1 heterocycles. The fourth-order valence-corrected chi connectivity index (χ4v) is 1.83. The smallest absolute Gasteiger partial charge is 0.260 e. The number of H-pyrrole nitrogens is 1. The van der Waals surface area contributed by atoms with E-state index >= 15 is 0 Å². The van der Waals surface area contributed by atoms with Crippen LogP contribution in [0.4, 0.5) is 0 Å². The first-order valence-corrected chi connectivity index (χ1v) is 7.26. The highest BCUT2D eigenvalue weighted by Crippen LogP contribution is 2.11.